The van der Waals surface area contributed by atoms with E-state index in [0.29, 0.717) is 16.5 Å². The molecular formula is C29H28Cl2N4OS. The minimum absolute atomic E-state index is 0.236. The first-order chi connectivity index (χ1) is 18.0. The minimum atomic E-state index is 0.236. The Hall–Kier alpha value is -2.80. The molecule has 0 unspecified atom stereocenters. The van der Waals surface area contributed by atoms with Gasteiger partial charge in [-0.2, -0.15) is 0 Å². The highest BCUT2D eigenvalue weighted by Gasteiger charge is 2.20. The quantitative estimate of drug-likeness (QED) is 0.169. The lowest BCUT2D eigenvalue weighted by Crippen LogP contribution is -2.35. The topological polar surface area (TPSA) is 51.0 Å². The van der Waals surface area contributed by atoms with E-state index in [0.717, 1.165) is 60.3 Å². The number of amides is 1. The summed E-state index contributed by atoms with van der Waals surface area (Å²) in [6, 6.07) is 22.2. The maximum absolute atomic E-state index is 12.8. The van der Waals surface area contributed by atoms with Gasteiger partial charge in [0.1, 0.15) is 0 Å². The summed E-state index contributed by atoms with van der Waals surface area (Å²) in [5, 5.41) is 10.8. The van der Waals surface area contributed by atoms with Crippen molar-refractivity contribution in [2.75, 3.05) is 12.3 Å². The lowest BCUT2D eigenvalue weighted by Gasteiger charge is -2.29. The maximum atomic E-state index is 12.8. The van der Waals surface area contributed by atoms with E-state index >= 15 is 0 Å². The Bertz CT molecular complexity index is 1400. The van der Waals surface area contributed by atoms with E-state index in [2.05, 4.69) is 47.5 Å². The van der Waals surface area contributed by atoms with Gasteiger partial charge in [-0.15, -0.1) is 10.2 Å². The smallest absolute Gasteiger partial charge is 0.222 e. The largest absolute Gasteiger partial charge is 0.338 e. The van der Waals surface area contributed by atoms with Crippen molar-refractivity contribution < 1.29 is 4.79 Å². The van der Waals surface area contributed by atoms with Crippen LogP contribution in [0.15, 0.2) is 71.9 Å². The van der Waals surface area contributed by atoms with Crippen molar-refractivity contribution in [3.8, 4) is 17.1 Å². The van der Waals surface area contributed by atoms with Crippen LogP contribution in [0.3, 0.4) is 0 Å². The molecule has 0 saturated heterocycles. The molecule has 3 aromatic carbocycles. The predicted octanol–water partition coefficient (Wildman–Crippen LogP) is 7.40. The van der Waals surface area contributed by atoms with Gasteiger partial charge in [-0.3, -0.25) is 9.36 Å². The maximum Gasteiger partial charge on any atom is 0.222 e. The first kappa shape index (κ1) is 25.8. The van der Waals surface area contributed by atoms with Gasteiger partial charge < -0.3 is 4.90 Å². The lowest BCUT2D eigenvalue weighted by atomic mass is 9.99. The molecular weight excluding hydrogens is 523 g/mol. The highest BCUT2D eigenvalue weighted by Crippen LogP contribution is 2.32. The summed E-state index contributed by atoms with van der Waals surface area (Å²) in [7, 11) is 0. The highest BCUT2D eigenvalue weighted by atomic mass is 35.5. The Kier molecular flexibility index (Phi) is 8.18. The molecule has 1 aliphatic rings. The van der Waals surface area contributed by atoms with Gasteiger partial charge in [0.25, 0.3) is 0 Å². The van der Waals surface area contributed by atoms with E-state index in [1.54, 1.807) is 17.8 Å². The Morgan fingerprint density at radius 2 is 1.73 bits per heavy atom. The fraction of sp³-hybridized carbons (Fsp3) is 0.276. The standard InChI is InChI=1S/C29H28Cl2N4OS/c1-20-9-11-22(12-10-20)28-32-33-29(35(28)24-13-14-25(30)26(31)18-24)37-17-5-4-8-27(36)34-16-15-21-6-2-3-7-23(21)19-34/h2-3,6-7,9-14,18H,4-5,8,15-17,19H2,1H3. The first-order valence-corrected chi connectivity index (χ1v) is 14.2. The fourth-order valence-electron chi connectivity index (χ4n) is 4.52. The second-order valence-corrected chi connectivity index (χ2v) is 11.1. The van der Waals surface area contributed by atoms with E-state index in [4.69, 9.17) is 23.2 Å². The van der Waals surface area contributed by atoms with Crippen LogP contribution in [0.1, 0.15) is 36.0 Å². The summed E-state index contributed by atoms with van der Waals surface area (Å²) in [6.45, 7) is 3.58. The number of unbranched alkanes of at least 4 members (excludes halogenated alkanes) is 1. The average Bonchev–Trinajstić information content (AvgIpc) is 3.34. The normalized spacial score (nSPS) is 13.0. The third kappa shape index (κ3) is 6.03. The number of aryl methyl sites for hydroxylation is 1. The third-order valence-corrected chi connectivity index (χ3v) is 8.36. The van der Waals surface area contributed by atoms with Crippen LogP contribution in [0.25, 0.3) is 17.1 Å². The van der Waals surface area contributed by atoms with Crippen molar-refractivity contribution in [2.45, 2.75) is 44.3 Å². The molecule has 190 valence electrons. The molecule has 0 saturated carbocycles. The molecule has 0 N–H and O–H groups in total. The zero-order valence-corrected chi connectivity index (χ0v) is 23.0. The SMILES string of the molecule is Cc1ccc(-c2nnc(SCCCCC(=O)N3CCc4ccccc4C3)n2-c2ccc(Cl)c(Cl)c2)cc1. The summed E-state index contributed by atoms with van der Waals surface area (Å²) in [6.07, 6.45) is 3.26. The van der Waals surface area contributed by atoms with E-state index < -0.39 is 0 Å². The molecule has 8 heteroatoms. The summed E-state index contributed by atoms with van der Waals surface area (Å²) in [5.74, 6) is 1.82. The number of rotatable bonds is 8. The molecule has 0 aliphatic carbocycles. The molecule has 0 atom stereocenters. The number of halogens is 2. The zero-order chi connectivity index (χ0) is 25.8. The Labute approximate surface area is 231 Å². The number of benzene rings is 3. The Morgan fingerprint density at radius 3 is 2.51 bits per heavy atom. The molecule has 0 bridgehead atoms. The monoisotopic (exact) mass is 550 g/mol. The van der Waals surface area contributed by atoms with Gasteiger partial charge in [0.05, 0.1) is 15.7 Å². The molecule has 1 aliphatic heterocycles. The van der Waals surface area contributed by atoms with Crippen LogP contribution in [0.2, 0.25) is 10.0 Å². The highest BCUT2D eigenvalue weighted by molar-refractivity contribution is 7.99. The van der Waals surface area contributed by atoms with Crippen LogP contribution in [-0.2, 0) is 17.8 Å². The van der Waals surface area contributed by atoms with Gasteiger partial charge in [0.15, 0.2) is 11.0 Å². The number of fused-ring (bicyclic) bond motifs is 1. The van der Waals surface area contributed by atoms with Crippen LogP contribution in [0.5, 0.6) is 0 Å². The number of aromatic nitrogens is 3. The van der Waals surface area contributed by atoms with Crippen molar-refractivity contribution in [3.63, 3.8) is 0 Å². The molecule has 37 heavy (non-hydrogen) atoms. The Balaban J connectivity index is 1.22. The summed E-state index contributed by atoms with van der Waals surface area (Å²) in [5.41, 5.74) is 5.65. The van der Waals surface area contributed by atoms with Gasteiger partial charge in [0, 0.05) is 30.8 Å². The second-order valence-electron chi connectivity index (χ2n) is 9.25. The van der Waals surface area contributed by atoms with E-state index in [-0.39, 0.29) is 5.91 Å². The van der Waals surface area contributed by atoms with Crippen LogP contribution >= 0.6 is 35.0 Å². The molecule has 5 nitrogen and oxygen atoms in total. The molecule has 4 aromatic rings. The van der Waals surface area contributed by atoms with Crippen LogP contribution in [-0.4, -0.2) is 37.9 Å². The molecule has 1 aromatic heterocycles. The summed E-state index contributed by atoms with van der Waals surface area (Å²) >= 11 is 14.1. The van der Waals surface area contributed by atoms with Gasteiger partial charge in [-0.1, -0.05) is 89.1 Å². The molecule has 2 heterocycles. The number of nitrogens with zero attached hydrogens (tertiary/aromatic N) is 4. The van der Waals surface area contributed by atoms with Crippen LogP contribution in [0, 0.1) is 6.92 Å². The summed E-state index contributed by atoms with van der Waals surface area (Å²) in [4.78, 5) is 14.8. The van der Waals surface area contributed by atoms with E-state index in [1.165, 1.54) is 16.7 Å². The minimum Gasteiger partial charge on any atom is -0.338 e. The molecule has 5 rings (SSSR count). The van der Waals surface area contributed by atoms with Crippen LogP contribution < -0.4 is 0 Å². The fourth-order valence-corrected chi connectivity index (χ4v) is 5.76. The zero-order valence-electron chi connectivity index (χ0n) is 20.7. The van der Waals surface area contributed by atoms with Crippen molar-refractivity contribution in [1.29, 1.82) is 0 Å². The number of carbonyl (C=O) groups excluding carboxylic acids is 1. The second kappa shape index (κ2) is 11.7. The predicted molar refractivity (Wildman–Crippen MR) is 152 cm³/mol. The van der Waals surface area contributed by atoms with Gasteiger partial charge in [0.2, 0.25) is 5.91 Å². The van der Waals surface area contributed by atoms with Crippen molar-refractivity contribution in [2.24, 2.45) is 0 Å². The number of hydrogen-bond acceptors (Lipinski definition) is 4. The molecule has 0 spiro atoms. The van der Waals surface area contributed by atoms with E-state index in [9.17, 15) is 4.79 Å². The first-order valence-electron chi connectivity index (χ1n) is 12.4. The van der Waals surface area contributed by atoms with Crippen molar-refractivity contribution in [3.05, 3.63) is 93.5 Å². The van der Waals surface area contributed by atoms with Crippen molar-refractivity contribution in [1.82, 2.24) is 19.7 Å². The van der Waals surface area contributed by atoms with Gasteiger partial charge in [-0.05, 0) is 55.5 Å². The molecule has 1 amide bonds. The molecule has 0 fully saturated rings. The number of hydrogen-bond donors (Lipinski definition) is 0. The van der Waals surface area contributed by atoms with Crippen LogP contribution in [0.4, 0.5) is 0 Å². The lowest BCUT2D eigenvalue weighted by molar-refractivity contribution is -0.132. The van der Waals surface area contributed by atoms with Gasteiger partial charge in [-0.25, -0.2) is 0 Å². The summed E-state index contributed by atoms with van der Waals surface area (Å²) < 4.78 is 2.02. The third-order valence-electron chi connectivity index (χ3n) is 6.60. The van der Waals surface area contributed by atoms with Gasteiger partial charge >= 0.3 is 0 Å². The number of carbonyl (C=O) groups is 1. The molecule has 0 radical (unpaired) electrons. The number of thioether (sulfide) groups is 1. The van der Waals surface area contributed by atoms with Crippen molar-refractivity contribution >= 4 is 40.9 Å². The van der Waals surface area contributed by atoms with E-state index in [1.807, 2.05) is 39.8 Å². The average molecular weight is 552 g/mol. The Morgan fingerprint density at radius 1 is 0.946 bits per heavy atom.